The molecule has 0 aliphatic carbocycles. The smallest absolute Gasteiger partial charge is 0.240 e. The van der Waals surface area contributed by atoms with Crippen LogP contribution in [-0.4, -0.2) is 72.7 Å². The van der Waals surface area contributed by atoms with Crippen molar-refractivity contribution in [2.45, 2.75) is 71.1 Å². The first kappa shape index (κ1) is 24.2. The van der Waals surface area contributed by atoms with Crippen molar-refractivity contribution in [2.75, 3.05) is 32.1 Å². The molecule has 0 spiro atoms. The van der Waals surface area contributed by atoms with Gasteiger partial charge in [-0.25, -0.2) is 0 Å². The minimum Gasteiger partial charge on any atom is -0.378 e. The number of hydrogen-bond acceptors (Lipinski definition) is 5. The zero-order valence-electron chi connectivity index (χ0n) is 20.3. The Morgan fingerprint density at radius 1 is 1.12 bits per heavy atom. The molecule has 1 unspecified atom stereocenters. The van der Waals surface area contributed by atoms with Crippen molar-refractivity contribution < 1.29 is 14.4 Å². The fourth-order valence-electron chi connectivity index (χ4n) is 4.96. The van der Waals surface area contributed by atoms with Crippen molar-refractivity contribution in [3.05, 3.63) is 29.8 Å². The molecule has 2 amide bonds. The number of benzene rings is 1. The Bertz CT molecular complexity index is 836. The molecular formula is C25H38N4O3. The first-order chi connectivity index (χ1) is 15.1. The van der Waals surface area contributed by atoms with Crippen molar-refractivity contribution in [1.82, 2.24) is 15.1 Å². The van der Waals surface area contributed by atoms with Crippen LogP contribution in [0.4, 0.5) is 5.69 Å². The van der Waals surface area contributed by atoms with E-state index in [2.05, 4.69) is 55.3 Å². The van der Waals surface area contributed by atoms with Crippen LogP contribution in [0.2, 0.25) is 0 Å². The zero-order chi connectivity index (χ0) is 23.6. The molecule has 1 aromatic rings. The molecule has 0 radical (unpaired) electrons. The maximum Gasteiger partial charge on any atom is 0.240 e. The highest BCUT2D eigenvalue weighted by Gasteiger charge is 2.51. The Morgan fingerprint density at radius 2 is 1.78 bits per heavy atom. The Kier molecular flexibility index (Phi) is 7.59. The fraction of sp³-hybridized carbons (Fsp3) is 0.640. The number of ketones is 1. The van der Waals surface area contributed by atoms with Crippen LogP contribution in [0, 0.1) is 5.92 Å². The molecule has 0 saturated carbocycles. The maximum atomic E-state index is 13.6. The molecule has 1 N–H and O–H groups in total. The van der Waals surface area contributed by atoms with Crippen LogP contribution in [0.1, 0.15) is 58.6 Å². The number of nitrogens with zero attached hydrogens (tertiary/aromatic N) is 3. The Labute approximate surface area is 192 Å². The minimum atomic E-state index is -0.496. The van der Waals surface area contributed by atoms with Gasteiger partial charge in [0.2, 0.25) is 11.8 Å². The average Bonchev–Trinajstić information content (AvgIpc) is 3.33. The second kappa shape index (κ2) is 10.0. The number of carbonyl (C=O) groups is 3. The number of anilines is 1. The molecular weight excluding hydrogens is 404 g/mol. The van der Waals surface area contributed by atoms with Gasteiger partial charge in [0.25, 0.3) is 0 Å². The summed E-state index contributed by atoms with van der Waals surface area (Å²) in [5, 5.41) is 3.53. The van der Waals surface area contributed by atoms with E-state index >= 15 is 0 Å². The summed E-state index contributed by atoms with van der Waals surface area (Å²) >= 11 is 0. The van der Waals surface area contributed by atoms with E-state index < -0.39 is 6.04 Å². The van der Waals surface area contributed by atoms with Gasteiger partial charge in [-0.3, -0.25) is 19.7 Å². The first-order valence-corrected chi connectivity index (χ1v) is 11.8. The average molecular weight is 443 g/mol. The van der Waals surface area contributed by atoms with E-state index in [0.29, 0.717) is 31.7 Å². The van der Waals surface area contributed by atoms with Gasteiger partial charge < -0.3 is 14.7 Å². The van der Waals surface area contributed by atoms with Crippen LogP contribution in [0.15, 0.2) is 24.3 Å². The van der Waals surface area contributed by atoms with Crippen molar-refractivity contribution in [3.63, 3.8) is 0 Å². The predicted octanol–water partition coefficient (Wildman–Crippen LogP) is 2.61. The van der Waals surface area contributed by atoms with Gasteiger partial charge >= 0.3 is 0 Å². The molecule has 1 aromatic carbocycles. The van der Waals surface area contributed by atoms with E-state index in [-0.39, 0.29) is 42.3 Å². The van der Waals surface area contributed by atoms with Crippen molar-refractivity contribution in [1.29, 1.82) is 0 Å². The molecule has 2 saturated heterocycles. The Morgan fingerprint density at radius 3 is 2.34 bits per heavy atom. The van der Waals surface area contributed by atoms with Crippen LogP contribution in [0.25, 0.3) is 0 Å². The van der Waals surface area contributed by atoms with Gasteiger partial charge in [0.05, 0.1) is 18.6 Å². The molecule has 2 fully saturated rings. The lowest BCUT2D eigenvalue weighted by Crippen LogP contribution is -2.52. The number of carbonyl (C=O) groups excluding carboxylic acids is 3. The van der Waals surface area contributed by atoms with Crippen LogP contribution in [-0.2, 0) is 14.4 Å². The summed E-state index contributed by atoms with van der Waals surface area (Å²) in [6.07, 6.45) is 1.74. The summed E-state index contributed by atoms with van der Waals surface area (Å²) in [4.78, 5) is 44.1. The van der Waals surface area contributed by atoms with E-state index in [9.17, 15) is 14.4 Å². The lowest BCUT2D eigenvalue weighted by molar-refractivity contribution is -0.138. The number of likely N-dealkylation sites (tertiary alicyclic amines) is 2. The van der Waals surface area contributed by atoms with Crippen LogP contribution in [0.3, 0.4) is 0 Å². The Balaban J connectivity index is 1.75. The molecule has 0 bridgehead atoms. The molecule has 0 aromatic heterocycles. The quantitative estimate of drug-likeness (QED) is 0.670. The summed E-state index contributed by atoms with van der Waals surface area (Å²) < 4.78 is 0. The van der Waals surface area contributed by atoms with E-state index in [1.165, 1.54) is 0 Å². The standard InChI is InChI=1S/C25H38N4O3/c1-7-23(31)29-15-22(30)24-21(29)12-13-28(24)25(32)20(14-16(2)3)26-17(4)18-8-10-19(11-9-18)27(5)6/h8-11,16-17,20-21,24,26H,7,12-15H2,1-6H3/t17?,20-,21+,24-/m0/s1. The molecule has 2 aliphatic heterocycles. The summed E-state index contributed by atoms with van der Waals surface area (Å²) in [7, 11) is 4.02. The third-order valence-electron chi connectivity index (χ3n) is 6.69. The van der Waals surface area contributed by atoms with Gasteiger partial charge in [0.15, 0.2) is 5.78 Å². The first-order valence-electron chi connectivity index (χ1n) is 11.8. The van der Waals surface area contributed by atoms with Gasteiger partial charge in [0, 0.05) is 38.8 Å². The number of Topliss-reactive ketones (excluding diaryl/α,β-unsaturated/α-hetero) is 1. The SMILES string of the molecule is CCC(=O)N1CC(=O)[C@@H]2[C@H]1CCN2C(=O)[C@H](CC(C)C)NC(C)c1ccc(N(C)C)cc1. The molecule has 32 heavy (non-hydrogen) atoms. The lowest BCUT2D eigenvalue weighted by atomic mass is 9.99. The van der Waals surface area contributed by atoms with Crippen molar-refractivity contribution >= 4 is 23.3 Å². The van der Waals surface area contributed by atoms with Crippen LogP contribution >= 0.6 is 0 Å². The summed E-state index contributed by atoms with van der Waals surface area (Å²) in [5.41, 5.74) is 2.25. The number of nitrogens with one attached hydrogen (secondary N) is 1. The third-order valence-corrected chi connectivity index (χ3v) is 6.69. The molecule has 2 heterocycles. The third kappa shape index (κ3) is 4.98. The molecule has 4 atom stereocenters. The van der Waals surface area contributed by atoms with E-state index in [4.69, 9.17) is 0 Å². The number of rotatable bonds is 8. The summed E-state index contributed by atoms with van der Waals surface area (Å²) in [6.45, 7) is 8.74. The highest BCUT2D eigenvalue weighted by atomic mass is 16.2. The second-order valence-electron chi connectivity index (χ2n) is 9.73. The monoisotopic (exact) mass is 442 g/mol. The van der Waals surface area contributed by atoms with Crippen LogP contribution < -0.4 is 10.2 Å². The molecule has 7 nitrogen and oxygen atoms in total. The Hall–Kier alpha value is -2.41. The van der Waals surface area contributed by atoms with E-state index in [0.717, 1.165) is 11.3 Å². The van der Waals surface area contributed by atoms with E-state index in [1.807, 2.05) is 21.0 Å². The second-order valence-corrected chi connectivity index (χ2v) is 9.73. The lowest BCUT2D eigenvalue weighted by Gasteiger charge is -2.31. The van der Waals surface area contributed by atoms with Gasteiger partial charge in [-0.1, -0.05) is 32.9 Å². The van der Waals surface area contributed by atoms with Crippen molar-refractivity contribution in [3.8, 4) is 0 Å². The maximum absolute atomic E-state index is 13.6. The van der Waals surface area contributed by atoms with Gasteiger partial charge in [-0.05, 0) is 43.4 Å². The van der Waals surface area contributed by atoms with Gasteiger partial charge in [-0.2, -0.15) is 0 Å². The van der Waals surface area contributed by atoms with Gasteiger partial charge in [0.1, 0.15) is 6.04 Å². The van der Waals surface area contributed by atoms with Crippen LogP contribution in [0.5, 0.6) is 0 Å². The number of amides is 2. The minimum absolute atomic E-state index is 0.00485. The number of fused-ring (bicyclic) bond motifs is 1. The molecule has 3 rings (SSSR count). The molecule has 2 aliphatic rings. The zero-order valence-corrected chi connectivity index (χ0v) is 20.3. The molecule has 176 valence electrons. The fourth-order valence-corrected chi connectivity index (χ4v) is 4.96. The highest BCUT2D eigenvalue weighted by Crippen LogP contribution is 2.31. The summed E-state index contributed by atoms with van der Waals surface area (Å²) in [5.74, 6) is 0.280. The normalized spacial score (nSPS) is 22.3. The highest BCUT2D eigenvalue weighted by molar-refractivity contribution is 5.98. The van der Waals surface area contributed by atoms with E-state index in [1.54, 1.807) is 9.80 Å². The number of hydrogen-bond donors (Lipinski definition) is 1. The van der Waals surface area contributed by atoms with Gasteiger partial charge in [-0.15, -0.1) is 0 Å². The topological polar surface area (TPSA) is 73.0 Å². The summed E-state index contributed by atoms with van der Waals surface area (Å²) in [6, 6.07) is 7.28. The predicted molar refractivity (Wildman–Crippen MR) is 126 cm³/mol. The molecule has 7 heteroatoms. The largest absolute Gasteiger partial charge is 0.378 e. The van der Waals surface area contributed by atoms with Crippen molar-refractivity contribution in [2.24, 2.45) is 5.92 Å².